The smallest absolute Gasteiger partial charge is 0.346 e. The highest BCUT2D eigenvalue weighted by molar-refractivity contribution is 7.16. The predicted octanol–water partition coefficient (Wildman–Crippen LogP) is 15.1. The van der Waals surface area contributed by atoms with Crippen molar-refractivity contribution in [2.45, 2.75) is 123 Å². The van der Waals surface area contributed by atoms with E-state index in [1.165, 1.54) is 45.5 Å². The van der Waals surface area contributed by atoms with E-state index >= 15 is 0 Å². The van der Waals surface area contributed by atoms with Crippen molar-refractivity contribution in [1.82, 2.24) is 0 Å². The van der Waals surface area contributed by atoms with Crippen LogP contribution >= 0.6 is 22.7 Å². The lowest BCUT2D eigenvalue weighted by Gasteiger charge is -2.51. The Morgan fingerprint density at radius 1 is 0.701 bits per heavy atom. The van der Waals surface area contributed by atoms with E-state index in [9.17, 15) is 30.3 Å². The van der Waals surface area contributed by atoms with Crippen LogP contribution in [0.15, 0.2) is 102 Å². The Balaban J connectivity index is 1.29. The van der Waals surface area contributed by atoms with Gasteiger partial charge in [0.2, 0.25) is 0 Å². The van der Waals surface area contributed by atoms with Gasteiger partial charge in [-0.15, -0.1) is 22.7 Å². The molecule has 1 aliphatic heterocycles. The number of rotatable bonds is 17. The highest BCUT2D eigenvalue weighted by Gasteiger charge is 2.47. The van der Waals surface area contributed by atoms with Gasteiger partial charge < -0.3 is 15.1 Å². The second kappa shape index (κ2) is 19.5. The lowest BCUT2D eigenvalue weighted by Crippen LogP contribution is -2.50. The first kappa shape index (κ1) is 47.2. The Kier molecular flexibility index (Phi) is 13.8. The SMILES string of the molecule is CCCCCCc1cc(/C=C(\C#N)C(=O)O)sc1C1=CC2C(C=C1)N(c1ccc3c(c1)C(C)(C)c1ccccc1-3)c1ccc(-c3sc(/C=C(\C#N)C(=O)O)cc3CCCCCC)cc1C2(C)C. The summed E-state index contributed by atoms with van der Waals surface area (Å²) in [4.78, 5) is 30.1. The molecule has 0 radical (unpaired) electrons. The van der Waals surface area contributed by atoms with E-state index in [0.29, 0.717) is 0 Å². The molecule has 3 aromatic carbocycles. The summed E-state index contributed by atoms with van der Waals surface area (Å²) in [6.07, 6.45) is 20.6. The number of carbonyl (C=O) groups is 2. The maximum absolute atomic E-state index is 11.9. The summed E-state index contributed by atoms with van der Waals surface area (Å²) >= 11 is 3.10. The van der Waals surface area contributed by atoms with Crippen molar-refractivity contribution in [3.63, 3.8) is 0 Å². The molecule has 8 rings (SSSR count). The standard InChI is InChI=1S/C58H59N3O4S2/c1-7-9-11-13-17-36-27-43(29-40(34-59)55(62)63)66-53(36)38-21-25-51-49(31-38)58(5,6)50-32-39(54-37(18-14-12-10-8-2)28-44(67-54)30-41(35-60)56(64)65)22-26-52(50)61(51)42-23-24-46-45-19-15-16-20-47(45)57(3,4)48(46)33-42/h15-16,19-33,49,51H,7-14,17-18H2,1-6H3,(H,62,63)(H,64,65)/b40-29+,41-30+. The van der Waals surface area contributed by atoms with Crippen molar-refractivity contribution in [3.8, 4) is 33.7 Å². The number of benzene rings is 3. The first-order valence-corrected chi connectivity index (χ1v) is 25.4. The molecule has 0 amide bonds. The van der Waals surface area contributed by atoms with Crippen LogP contribution < -0.4 is 4.90 Å². The fraction of sp³-hybridized carbons (Fsp3) is 0.345. The molecule has 67 heavy (non-hydrogen) atoms. The Hall–Kier alpha value is -6.26. The molecule has 3 heterocycles. The maximum Gasteiger partial charge on any atom is 0.346 e. The molecule has 2 aromatic heterocycles. The van der Waals surface area contributed by atoms with Gasteiger partial charge in [-0.3, -0.25) is 0 Å². The van der Waals surface area contributed by atoms with Crippen molar-refractivity contribution in [2.75, 3.05) is 4.90 Å². The molecule has 7 nitrogen and oxygen atoms in total. The first-order valence-electron chi connectivity index (χ1n) is 23.8. The predicted molar refractivity (Wildman–Crippen MR) is 276 cm³/mol. The number of carboxylic acid groups (broad SMARTS) is 2. The lowest BCUT2D eigenvalue weighted by molar-refractivity contribution is -0.133. The topological polar surface area (TPSA) is 125 Å². The minimum Gasteiger partial charge on any atom is -0.477 e. The van der Waals surface area contributed by atoms with Crippen LogP contribution in [0, 0.1) is 28.6 Å². The monoisotopic (exact) mass is 925 g/mol. The molecule has 0 saturated carbocycles. The molecule has 2 unspecified atom stereocenters. The average molecular weight is 926 g/mol. The molecular formula is C58H59N3O4S2. The van der Waals surface area contributed by atoms with Gasteiger partial charge in [-0.2, -0.15) is 10.5 Å². The number of fused-ring (bicyclic) bond motifs is 5. The third-order valence-electron chi connectivity index (χ3n) is 14.2. The third kappa shape index (κ3) is 9.12. The van der Waals surface area contributed by atoms with Gasteiger partial charge in [0.05, 0.1) is 6.04 Å². The number of carboxylic acids is 2. The van der Waals surface area contributed by atoms with E-state index in [4.69, 9.17) is 0 Å². The van der Waals surface area contributed by atoms with Crippen LogP contribution in [-0.2, 0) is 33.3 Å². The minimum atomic E-state index is -1.23. The van der Waals surface area contributed by atoms with E-state index in [1.807, 2.05) is 12.1 Å². The number of hydrogen-bond donors (Lipinski definition) is 2. The molecule has 3 aliphatic rings. The lowest BCUT2D eigenvalue weighted by atomic mass is 9.64. The third-order valence-corrected chi connectivity index (χ3v) is 16.5. The van der Waals surface area contributed by atoms with Crippen molar-refractivity contribution >= 4 is 63.7 Å². The zero-order valence-corrected chi connectivity index (χ0v) is 41.0. The summed E-state index contributed by atoms with van der Waals surface area (Å²) in [6, 6.07) is 30.4. The fourth-order valence-electron chi connectivity index (χ4n) is 10.6. The van der Waals surface area contributed by atoms with Crippen LogP contribution in [0.5, 0.6) is 0 Å². The molecule has 342 valence electrons. The number of unbranched alkanes of at least 4 members (excludes halogenated alkanes) is 6. The van der Waals surface area contributed by atoms with Gasteiger partial charge in [-0.25, -0.2) is 9.59 Å². The quantitative estimate of drug-likeness (QED) is 0.0540. The highest BCUT2D eigenvalue weighted by atomic mass is 32.1. The van der Waals surface area contributed by atoms with E-state index in [-0.39, 0.29) is 33.9 Å². The molecule has 2 aliphatic carbocycles. The average Bonchev–Trinajstić information content (AvgIpc) is 3.99. The number of hydrogen-bond acceptors (Lipinski definition) is 7. The number of anilines is 2. The van der Waals surface area contributed by atoms with Gasteiger partial charge in [-0.05, 0) is 124 Å². The second-order valence-electron chi connectivity index (χ2n) is 19.3. The molecule has 2 N–H and O–H groups in total. The Morgan fingerprint density at radius 2 is 1.30 bits per heavy atom. The number of allylic oxidation sites excluding steroid dienone is 2. The summed E-state index contributed by atoms with van der Waals surface area (Å²) in [5.41, 5.74) is 12.1. The zero-order valence-electron chi connectivity index (χ0n) is 39.4. The van der Waals surface area contributed by atoms with Crippen molar-refractivity contribution in [3.05, 3.63) is 145 Å². The molecule has 2 atom stereocenters. The highest BCUT2D eigenvalue weighted by Crippen LogP contribution is 2.56. The summed E-state index contributed by atoms with van der Waals surface area (Å²) in [5, 5.41) is 38.8. The van der Waals surface area contributed by atoms with Crippen LogP contribution in [0.4, 0.5) is 11.4 Å². The Morgan fingerprint density at radius 3 is 1.91 bits per heavy atom. The fourth-order valence-corrected chi connectivity index (χ4v) is 12.9. The van der Waals surface area contributed by atoms with Crippen LogP contribution in [0.3, 0.4) is 0 Å². The van der Waals surface area contributed by atoms with Gasteiger partial charge in [0.1, 0.15) is 23.3 Å². The van der Waals surface area contributed by atoms with E-state index in [2.05, 4.69) is 137 Å². The number of nitriles is 2. The van der Waals surface area contributed by atoms with Gasteiger partial charge in [-0.1, -0.05) is 135 Å². The molecular weight excluding hydrogens is 867 g/mol. The van der Waals surface area contributed by atoms with E-state index in [1.54, 1.807) is 22.7 Å². The zero-order chi connectivity index (χ0) is 47.6. The van der Waals surface area contributed by atoms with Crippen LogP contribution in [0.25, 0.3) is 39.3 Å². The van der Waals surface area contributed by atoms with E-state index in [0.717, 1.165) is 112 Å². The molecule has 0 bridgehead atoms. The summed E-state index contributed by atoms with van der Waals surface area (Å²) < 4.78 is 0. The second-order valence-corrected chi connectivity index (χ2v) is 21.5. The normalized spacial score (nSPS) is 17.7. The first-order chi connectivity index (χ1) is 32.2. The maximum atomic E-state index is 11.9. The van der Waals surface area contributed by atoms with Crippen molar-refractivity contribution < 1.29 is 19.8 Å². The van der Waals surface area contributed by atoms with Crippen LogP contribution in [0.1, 0.15) is 135 Å². The molecule has 0 fully saturated rings. The van der Waals surface area contributed by atoms with Crippen molar-refractivity contribution in [2.24, 2.45) is 5.92 Å². The number of thiophene rings is 2. The molecule has 0 spiro atoms. The van der Waals surface area contributed by atoms with E-state index < -0.39 is 11.9 Å². The largest absolute Gasteiger partial charge is 0.477 e. The Labute approximate surface area is 403 Å². The van der Waals surface area contributed by atoms with Gasteiger partial charge in [0.25, 0.3) is 0 Å². The summed E-state index contributed by atoms with van der Waals surface area (Å²) in [6.45, 7) is 13.7. The van der Waals surface area contributed by atoms with Gasteiger partial charge in [0.15, 0.2) is 0 Å². The van der Waals surface area contributed by atoms with Gasteiger partial charge >= 0.3 is 11.9 Å². The number of aliphatic carboxylic acids is 2. The Bertz CT molecular complexity index is 2960. The van der Waals surface area contributed by atoms with Crippen LogP contribution in [-0.4, -0.2) is 28.2 Å². The summed E-state index contributed by atoms with van der Waals surface area (Å²) in [5.74, 6) is -2.44. The molecule has 0 saturated heterocycles. The molecule has 9 heteroatoms. The minimum absolute atomic E-state index is 0.0144. The summed E-state index contributed by atoms with van der Waals surface area (Å²) in [7, 11) is 0. The van der Waals surface area contributed by atoms with Crippen LogP contribution in [0.2, 0.25) is 0 Å². The van der Waals surface area contributed by atoms with Crippen molar-refractivity contribution in [1.29, 1.82) is 10.5 Å². The van der Waals surface area contributed by atoms with Gasteiger partial charge in [0, 0.05) is 47.6 Å². The molecule has 5 aromatic rings. The number of aryl methyl sites for hydroxylation is 2. The number of nitrogens with zero attached hydrogens (tertiary/aromatic N) is 3.